The van der Waals surface area contributed by atoms with Crippen molar-refractivity contribution in [2.45, 2.75) is 43.5 Å². The summed E-state index contributed by atoms with van der Waals surface area (Å²) in [6.45, 7) is 2.16. The SMILES string of the molecule is CCOC(=O)C1CCC(NS(=O)(=O)c2ccc(OC)cc2)CC1. The van der Waals surface area contributed by atoms with E-state index in [0.717, 1.165) is 0 Å². The van der Waals surface area contributed by atoms with Gasteiger partial charge in [-0.05, 0) is 56.9 Å². The summed E-state index contributed by atoms with van der Waals surface area (Å²) in [4.78, 5) is 11.9. The first-order valence-electron chi connectivity index (χ1n) is 7.79. The molecule has 0 bridgehead atoms. The molecule has 0 unspecified atom stereocenters. The summed E-state index contributed by atoms with van der Waals surface area (Å²) in [5.41, 5.74) is 0. The minimum atomic E-state index is -3.55. The van der Waals surface area contributed by atoms with Crippen molar-refractivity contribution in [3.63, 3.8) is 0 Å². The second kappa shape index (κ2) is 7.79. The van der Waals surface area contributed by atoms with Crippen LogP contribution in [0.3, 0.4) is 0 Å². The Hall–Kier alpha value is -1.60. The van der Waals surface area contributed by atoms with Gasteiger partial charge < -0.3 is 9.47 Å². The molecule has 0 aromatic heterocycles. The molecule has 23 heavy (non-hydrogen) atoms. The number of benzene rings is 1. The molecule has 2 rings (SSSR count). The van der Waals surface area contributed by atoms with Gasteiger partial charge in [-0.2, -0.15) is 0 Å². The molecule has 1 aliphatic carbocycles. The zero-order chi connectivity index (χ0) is 16.9. The van der Waals surface area contributed by atoms with Gasteiger partial charge in [-0.15, -0.1) is 0 Å². The average Bonchev–Trinajstić information content (AvgIpc) is 2.55. The van der Waals surface area contributed by atoms with Crippen LogP contribution in [0, 0.1) is 5.92 Å². The molecule has 0 amide bonds. The standard InChI is InChI=1S/C16H23NO5S/c1-3-22-16(18)12-4-6-13(7-5-12)17-23(19,20)15-10-8-14(21-2)9-11-15/h8-13,17H,3-7H2,1-2H3. The summed E-state index contributed by atoms with van der Waals surface area (Å²) in [6.07, 6.45) is 2.57. The highest BCUT2D eigenvalue weighted by Crippen LogP contribution is 2.26. The topological polar surface area (TPSA) is 81.7 Å². The molecule has 0 atom stereocenters. The number of esters is 1. The van der Waals surface area contributed by atoms with E-state index in [1.54, 1.807) is 19.1 Å². The number of hydrogen-bond donors (Lipinski definition) is 1. The van der Waals surface area contributed by atoms with Crippen LogP contribution in [0.2, 0.25) is 0 Å². The van der Waals surface area contributed by atoms with Crippen LogP contribution in [0.1, 0.15) is 32.6 Å². The van der Waals surface area contributed by atoms with Gasteiger partial charge in [0.1, 0.15) is 5.75 Å². The summed E-state index contributed by atoms with van der Waals surface area (Å²) < 4.78 is 37.5. The Bertz CT molecular complexity index is 618. The number of carbonyl (C=O) groups is 1. The van der Waals surface area contributed by atoms with E-state index in [2.05, 4.69) is 4.72 Å². The van der Waals surface area contributed by atoms with Gasteiger partial charge in [0.15, 0.2) is 0 Å². The van der Waals surface area contributed by atoms with E-state index in [0.29, 0.717) is 38.0 Å². The van der Waals surface area contributed by atoms with E-state index < -0.39 is 10.0 Å². The molecule has 0 saturated heterocycles. The van der Waals surface area contributed by atoms with Crippen LogP contribution in [0.25, 0.3) is 0 Å². The van der Waals surface area contributed by atoms with Gasteiger partial charge in [-0.25, -0.2) is 13.1 Å². The van der Waals surface area contributed by atoms with E-state index in [-0.39, 0.29) is 22.8 Å². The van der Waals surface area contributed by atoms with Gasteiger partial charge in [0.25, 0.3) is 0 Å². The zero-order valence-corrected chi connectivity index (χ0v) is 14.3. The third-order valence-corrected chi connectivity index (χ3v) is 5.58. The molecule has 0 spiro atoms. The Labute approximate surface area is 137 Å². The van der Waals surface area contributed by atoms with Crippen LogP contribution in [0.4, 0.5) is 0 Å². The number of hydrogen-bond acceptors (Lipinski definition) is 5. The van der Waals surface area contributed by atoms with Gasteiger partial charge in [-0.1, -0.05) is 0 Å². The molecule has 6 nitrogen and oxygen atoms in total. The summed E-state index contributed by atoms with van der Waals surface area (Å²) in [6, 6.07) is 6.13. The number of methoxy groups -OCH3 is 1. The first kappa shape index (κ1) is 17.7. The Kier molecular flexibility index (Phi) is 6.01. The van der Waals surface area contributed by atoms with Crippen LogP contribution >= 0.6 is 0 Å². The van der Waals surface area contributed by atoms with Gasteiger partial charge in [0.05, 0.1) is 24.5 Å². The van der Waals surface area contributed by atoms with Crippen molar-refractivity contribution in [3.8, 4) is 5.75 Å². The maximum absolute atomic E-state index is 12.4. The molecule has 1 saturated carbocycles. The lowest BCUT2D eigenvalue weighted by atomic mass is 9.86. The number of rotatable bonds is 6. The second-order valence-electron chi connectivity index (χ2n) is 5.60. The lowest BCUT2D eigenvalue weighted by molar-refractivity contribution is -0.149. The summed E-state index contributed by atoms with van der Waals surface area (Å²) in [5, 5.41) is 0. The smallest absolute Gasteiger partial charge is 0.308 e. The minimum absolute atomic E-state index is 0.114. The predicted octanol–water partition coefficient (Wildman–Crippen LogP) is 2.10. The van der Waals surface area contributed by atoms with Gasteiger partial charge in [-0.3, -0.25) is 4.79 Å². The Morgan fingerprint density at radius 2 is 1.78 bits per heavy atom. The zero-order valence-electron chi connectivity index (χ0n) is 13.4. The van der Waals surface area contributed by atoms with Crippen molar-refractivity contribution in [2.24, 2.45) is 5.92 Å². The molecule has 1 aromatic carbocycles. The number of ether oxygens (including phenoxy) is 2. The fourth-order valence-electron chi connectivity index (χ4n) is 2.75. The molecule has 0 heterocycles. The van der Waals surface area contributed by atoms with E-state index in [4.69, 9.17) is 9.47 Å². The van der Waals surface area contributed by atoms with Crippen LogP contribution in [0.5, 0.6) is 5.75 Å². The highest BCUT2D eigenvalue weighted by Gasteiger charge is 2.29. The average molecular weight is 341 g/mol. The summed E-state index contributed by atoms with van der Waals surface area (Å²) >= 11 is 0. The fraction of sp³-hybridized carbons (Fsp3) is 0.562. The first-order valence-corrected chi connectivity index (χ1v) is 9.27. The van der Waals surface area contributed by atoms with E-state index >= 15 is 0 Å². The van der Waals surface area contributed by atoms with Crippen LogP contribution in [-0.2, 0) is 19.6 Å². The molecule has 7 heteroatoms. The largest absolute Gasteiger partial charge is 0.497 e. The summed E-state index contributed by atoms with van der Waals surface area (Å²) in [5.74, 6) is 0.319. The quantitative estimate of drug-likeness (QED) is 0.801. The van der Waals surface area contributed by atoms with E-state index in [9.17, 15) is 13.2 Å². The monoisotopic (exact) mass is 341 g/mol. The fourth-order valence-corrected chi connectivity index (χ4v) is 4.05. The number of nitrogens with one attached hydrogen (secondary N) is 1. The van der Waals surface area contributed by atoms with Gasteiger partial charge in [0.2, 0.25) is 10.0 Å². The Balaban J connectivity index is 1.93. The maximum atomic E-state index is 12.4. The molecule has 1 N–H and O–H groups in total. The van der Waals surface area contributed by atoms with E-state index in [1.807, 2.05) is 0 Å². The Morgan fingerprint density at radius 1 is 1.17 bits per heavy atom. The lowest BCUT2D eigenvalue weighted by Gasteiger charge is -2.27. The van der Waals surface area contributed by atoms with Crippen LogP contribution in [-0.4, -0.2) is 34.1 Å². The van der Waals surface area contributed by atoms with Crippen LogP contribution in [0.15, 0.2) is 29.2 Å². The molecule has 0 aliphatic heterocycles. The molecular weight excluding hydrogens is 318 g/mol. The second-order valence-corrected chi connectivity index (χ2v) is 7.31. The van der Waals surface area contributed by atoms with Crippen molar-refractivity contribution in [3.05, 3.63) is 24.3 Å². The highest BCUT2D eigenvalue weighted by atomic mass is 32.2. The van der Waals surface area contributed by atoms with Crippen LogP contribution < -0.4 is 9.46 Å². The van der Waals surface area contributed by atoms with Gasteiger partial charge in [0, 0.05) is 6.04 Å². The maximum Gasteiger partial charge on any atom is 0.308 e. The molecule has 1 fully saturated rings. The van der Waals surface area contributed by atoms with Crippen molar-refractivity contribution in [2.75, 3.05) is 13.7 Å². The predicted molar refractivity (Wildman–Crippen MR) is 85.7 cm³/mol. The van der Waals surface area contributed by atoms with Crippen molar-refractivity contribution >= 4 is 16.0 Å². The van der Waals surface area contributed by atoms with E-state index in [1.165, 1.54) is 19.2 Å². The minimum Gasteiger partial charge on any atom is -0.497 e. The summed E-state index contributed by atoms with van der Waals surface area (Å²) in [7, 11) is -2.02. The molecule has 128 valence electrons. The lowest BCUT2D eigenvalue weighted by Crippen LogP contribution is -2.38. The molecule has 1 aliphatic rings. The first-order chi connectivity index (χ1) is 11.0. The highest BCUT2D eigenvalue weighted by molar-refractivity contribution is 7.89. The number of carbonyl (C=O) groups excluding carboxylic acids is 1. The third-order valence-electron chi connectivity index (χ3n) is 4.04. The molecule has 0 radical (unpaired) electrons. The normalized spacial score (nSPS) is 21.7. The van der Waals surface area contributed by atoms with Crippen molar-refractivity contribution in [1.29, 1.82) is 0 Å². The van der Waals surface area contributed by atoms with Crippen molar-refractivity contribution in [1.82, 2.24) is 4.72 Å². The number of sulfonamides is 1. The Morgan fingerprint density at radius 3 is 2.30 bits per heavy atom. The van der Waals surface area contributed by atoms with Gasteiger partial charge >= 0.3 is 5.97 Å². The molecular formula is C16H23NO5S. The van der Waals surface area contributed by atoms with Crippen molar-refractivity contribution < 1.29 is 22.7 Å². The molecule has 1 aromatic rings. The third kappa shape index (κ3) is 4.68.